The van der Waals surface area contributed by atoms with Crippen LogP contribution in [0.25, 0.3) is 0 Å². The number of hydrogen-bond donors (Lipinski definition) is 1. The minimum Gasteiger partial charge on any atom is -0.362 e. The van der Waals surface area contributed by atoms with Gasteiger partial charge in [-0.15, -0.1) is 6.58 Å². The Morgan fingerprint density at radius 1 is 1.52 bits per heavy atom. The molecule has 0 bridgehead atoms. The van der Waals surface area contributed by atoms with Crippen molar-refractivity contribution >= 4 is 5.78 Å². The van der Waals surface area contributed by atoms with Crippen molar-refractivity contribution in [3.05, 3.63) is 36.5 Å². The molecule has 3 nitrogen and oxygen atoms in total. The molecule has 0 amide bonds. The third-order valence-corrected chi connectivity index (χ3v) is 5.55. The molecule has 1 fully saturated rings. The quantitative estimate of drug-likeness (QED) is 0.752. The summed E-state index contributed by atoms with van der Waals surface area (Å²) in [6.45, 7) is 14.5. The van der Waals surface area contributed by atoms with Crippen LogP contribution in [0.15, 0.2) is 36.5 Å². The molecule has 1 unspecified atom stereocenters. The smallest absolute Gasteiger partial charge is 0.192 e. The maximum atomic E-state index is 11.8. The van der Waals surface area contributed by atoms with E-state index in [-0.39, 0.29) is 24.2 Å². The van der Waals surface area contributed by atoms with Gasteiger partial charge < -0.3 is 9.84 Å². The molecule has 1 aliphatic carbocycles. The average molecular weight is 318 g/mol. The predicted molar refractivity (Wildman–Crippen MR) is 92.8 cm³/mol. The van der Waals surface area contributed by atoms with E-state index in [1.165, 1.54) is 0 Å². The van der Waals surface area contributed by atoms with Crippen molar-refractivity contribution < 1.29 is 14.6 Å². The van der Waals surface area contributed by atoms with Crippen LogP contribution in [0, 0.1) is 23.7 Å². The summed E-state index contributed by atoms with van der Waals surface area (Å²) in [4.78, 5) is 11.8. The van der Waals surface area contributed by atoms with Crippen molar-refractivity contribution in [2.75, 3.05) is 6.61 Å². The monoisotopic (exact) mass is 318 g/mol. The van der Waals surface area contributed by atoms with Gasteiger partial charge in [-0.3, -0.25) is 4.79 Å². The van der Waals surface area contributed by atoms with Crippen molar-refractivity contribution in [1.29, 1.82) is 0 Å². The molecule has 0 saturated heterocycles. The standard InChI is InChI=1S/C20H30O3/c1-6-16(13(2)3)9-7-14(4)18-10-8-15(5)20(22)19(18)11-17(21)12-23-20/h6,11,13,15-16,18,22H,1,4,7-10,12H2,2-3,5H3/t15-,16-,18+,20?/m1/s1. The highest BCUT2D eigenvalue weighted by Gasteiger charge is 2.48. The molecule has 128 valence electrons. The number of ether oxygens (including phenoxy) is 1. The lowest BCUT2D eigenvalue weighted by atomic mass is 9.69. The number of fused-ring (bicyclic) bond motifs is 1. The Hall–Kier alpha value is -1.19. The number of allylic oxidation sites excluding steroid dienone is 2. The molecule has 0 aromatic heterocycles. The van der Waals surface area contributed by atoms with Crippen LogP contribution in [0.4, 0.5) is 0 Å². The van der Waals surface area contributed by atoms with E-state index in [9.17, 15) is 9.90 Å². The lowest BCUT2D eigenvalue weighted by Gasteiger charge is -2.46. The normalized spacial score (nSPS) is 32.2. The van der Waals surface area contributed by atoms with E-state index < -0.39 is 5.79 Å². The largest absolute Gasteiger partial charge is 0.362 e. The zero-order valence-corrected chi connectivity index (χ0v) is 14.7. The van der Waals surface area contributed by atoms with E-state index in [0.29, 0.717) is 11.8 Å². The van der Waals surface area contributed by atoms with E-state index in [1.807, 2.05) is 13.0 Å². The third kappa shape index (κ3) is 3.67. The molecule has 1 saturated carbocycles. The lowest BCUT2D eigenvalue weighted by Crippen LogP contribution is -2.50. The molecule has 2 aliphatic rings. The molecule has 4 atom stereocenters. The van der Waals surface area contributed by atoms with Gasteiger partial charge in [0, 0.05) is 11.8 Å². The number of hydrogen-bond acceptors (Lipinski definition) is 3. The summed E-state index contributed by atoms with van der Waals surface area (Å²) in [5.74, 6) is -0.299. The number of carbonyl (C=O) groups is 1. The van der Waals surface area contributed by atoms with Crippen LogP contribution >= 0.6 is 0 Å². The maximum Gasteiger partial charge on any atom is 0.192 e. The maximum absolute atomic E-state index is 11.8. The SMILES string of the molecule is C=C[C@H](CCC(=C)[C@@H]1CC[C@@H](C)C2(O)OCC(=O)C=C12)C(C)C. The van der Waals surface area contributed by atoms with Gasteiger partial charge in [-0.25, -0.2) is 0 Å². The first-order chi connectivity index (χ1) is 10.8. The summed E-state index contributed by atoms with van der Waals surface area (Å²) < 4.78 is 5.54. The average Bonchev–Trinajstić information content (AvgIpc) is 2.50. The molecule has 0 radical (unpaired) electrons. The Morgan fingerprint density at radius 3 is 2.83 bits per heavy atom. The molecule has 1 aliphatic heterocycles. The summed E-state index contributed by atoms with van der Waals surface area (Å²) in [5, 5.41) is 10.9. The molecule has 0 spiro atoms. The van der Waals surface area contributed by atoms with Gasteiger partial charge in [0.05, 0.1) is 0 Å². The fourth-order valence-corrected chi connectivity index (χ4v) is 3.80. The van der Waals surface area contributed by atoms with Crippen LogP contribution in [-0.4, -0.2) is 23.3 Å². The van der Waals surface area contributed by atoms with Gasteiger partial charge in [0.2, 0.25) is 0 Å². The highest BCUT2D eigenvalue weighted by Crippen LogP contribution is 2.47. The minimum atomic E-state index is -1.30. The Morgan fingerprint density at radius 2 is 2.22 bits per heavy atom. The molecular formula is C20H30O3. The predicted octanol–water partition coefficient (Wildman–Crippen LogP) is 4.04. The first-order valence-electron chi connectivity index (χ1n) is 8.71. The molecule has 3 heteroatoms. The summed E-state index contributed by atoms with van der Waals surface area (Å²) in [6.07, 6.45) is 7.31. The Bertz CT molecular complexity index is 517. The zero-order valence-electron chi connectivity index (χ0n) is 14.7. The fraction of sp³-hybridized carbons (Fsp3) is 0.650. The second kappa shape index (κ2) is 7.14. The van der Waals surface area contributed by atoms with Gasteiger partial charge in [-0.1, -0.05) is 39.0 Å². The molecule has 0 aromatic carbocycles. The second-order valence-corrected chi connectivity index (χ2v) is 7.42. The van der Waals surface area contributed by atoms with Crippen LogP contribution in [0.3, 0.4) is 0 Å². The fourth-order valence-electron chi connectivity index (χ4n) is 3.80. The van der Waals surface area contributed by atoms with Gasteiger partial charge in [-0.05, 0) is 49.2 Å². The number of rotatable bonds is 6. The third-order valence-electron chi connectivity index (χ3n) is 5.55. The lowest BCUT2D eigenvalue weighted by molar-refractivity contribution is -0.222. The van der Waals surface area contributed by atoms with Gasteiger partial charge in [0.15, 0.2) is 11.6 Å². The minimum absolute atomic E-state index is 0.00230. The molecule has 1 heterocycles. The number of carbonyl (C=O) groups excluding carboxylic acids is 1. The van der Waals surface area contributed by atoms with E-state index in [2.05, 4.69) is 27.0 Å². The van der Waals surface area contributed by atoms with Crippen molar-refractivity contribution in [3.63, 3.8) is 0 Å². The van der Waals surface area contributed by atoms with Crippen LogP contribution in [0.2, 0.25) is 0 Å². The number of ketones is 1. The highest BCUT2D eigenvalue weighted by molar-refractivity contribution is 5.92. The summed E-state index contributed by atoms with van der Waals surface area (Å²) in [5.41, 5.74) is 1.81. The highest BCUT2D eigenvalue weighted by atomic mass is 16.6. The van der Waals surface area contributed by atoms with Crippen LogP contribution in [0.5, 0.6) is 0 Å². The van der Waals surface area contributed by atoms with E-state index >= 15 is 0 Å². The second-order valence-electron chi connectivity index (χ2n) is 7.42. The number of aliphatic hydroxyl groups is 1. The van der Waals surface area contributed by atoms with Crippen molar-refractivity contribution in [2.24, 2.45) is 23.7 Å². The summed E-state index contributed by atoms with van der Waals surface area (Å²) in [7, 11) is 0. The summed E-state index contributed by atoms with van der Waals surface area (Å²) in [6, 6.07) is 0. The van der Waals surface area contributed by atoms with E-state index in [1.54, 1.807) is 6.08 Å². The van der Waals surface area contributed by atoms with Gasteiger partial charge >= 0.3 is 0 Å². The van der Waals surface area contributed by atoms with Gasteiger partial charge in [0.1, 0.15) is 6.61 Å². The van der Waals surface area contributed by atoms with Crippen LogP contribution < -0.4 is 0 Å². The molecule has 23 heavy (non-hydrogen) atoms. The van der Waals surface area contributed by atoms with Gasteiger partial charge in [-0.2, -0.15) is 0 Å². The van der Waals surface area contributed by atoms with Crippen LogP contribution in [-0.2, 0) is 9.53 Å². The first-order valence-corrected chi connectivity index (χ1v) is 8.71. The van der Waals surface area contributed by atoms with Gasteiger partial charge in [0.25, 0.3) is 0 Å². The van der Waals surface area contributed by atoms with E-state index in [4.69, 9.17) is 4.74 Å². The summed E-state index contributed by atoms with van der Waals surface area (Å²) >= 11 is 0. The topological polar surface area (TPSA) is 46.5 Å². The van der Waals surface area contributed by atoms with Crippen molar-refractivity contribution in [2.45, 2.75) is 52.2 Å². The molecule has 0 aromatic rings. The Labute approximate surface area is 140 Å². The molecule has 2 rings (SSSR count). The van der Waals surface area contributed by atoms with Crippen molar-refractivity contribution in [1.82, 2.24) is 0 Å². The zero-order chi connectivity index (χ0) is 17.2. The van der Waals surface area contributed by atoms with E-state index in [0.717, 1.165) is 36.8 Å². The first kappa shape index (κ1) is 18.2. The molecule has 1 N–H and O–H groups in total. The van der Waals surface area contributed by atoms with Crippen LogP contribution in [0.1, 0.15) is 46.5 Å². The Balaban J connectivity index is 2.13. The van der Waals surface area contributed by atoms with Crippen molar-refractivity contribution in [3.8, 4) is 0 Å². The Kier molecular flexibility index (Phi) is 5.64. The molecular weight excluding hydrogens is 288 g/mol.